The van der Waals surface area contributed by atoms with Gasteiger partial charge in [0.05, 0.1) is 12.2 Å². The summed E-state index contributed by atoms with van der Waals surface area (Å²) in [6.45, 7) is 0.136. The molecule has 3 atom stereocenters. The van der Waals surface area contributed by atoms with Gasteiger partial charge in [0.1, 0.15) is 5.69 Å². The van der Waals surface area contributed by atoms with Crippen molar-refractivity contribution in [1.82, 2.24) is 10.3 Å². The van der Waals surface area contributed by atoms with Crippen molar-refractivity contribution in [3.63, 3.8) is 0 Å². The number of nitrogens with one attached hydrogen (secondary N) is 1. The Bertz CT molecular complexity index is 694. The fraction of sp³-hybridized carbons (Fsp3) is 0.500. The number of fused-ring (bicyclic) bond motifs is 2. The molecular weight excluding hydrogens is 292 g/mol. The van der Waals surface area contributed by atoms with Crippen LogP contribution in [0.2, 0.25) is 0 Å². The monoisotopic (exact) mass is 312 g/mol. The van der Waals surface area contributed by atoms with Gasteiger partial charge in [-0.2, -0.15) is 0 Å². The molecule has 3 aliphatic carbocycles. The minimum absolute atomic E-state index is 0.0534. The van der Waals surface area contributed by atoms with E-state index in [0.717, 1.165) is 31.2 Å². The molecule has 2 fully saturated rings. The highest BCUT2D eigenvalue weighted by molar-refractivity contribution is 5.98. The first-order valence-electron chi connectivity index (χ1n) is 8.31. The number of aromatic nitrogens is 1. The number of carboxylic acid groups (broad SMARTS) is 1. The summed E-state index contributed by atoms with van der Waals surface area (Å²) in [6, 6.07) is 3.81. The van der Waals surface area contributed by atoms with E-state index < -0.39 is 6.09 Å². The van der Waals surface area contributed by atoms with Crippen molar-refractivity contribution >= 4 is 11.9 Å². The van der Waals surface area contributed by atoms with Crippen LogP contribution in [-0.4, -0.2) is 22.0 Å². The highest BCUT2D eigenvalue weighted by Crippen LogP contribution is 2.47. The van der Waals surface area contributed by atoms with E-state index >= 15 is 0 Å². The van der Waals surface area contributed by atoms with Crippen molar-refractivity contribution < 1.29 is 14.7 Å². The third-order valence-electron chi connectivity index (χ3n) is 5.27. The Kier molecular flexibility index (Phi) is 3.43. The lowest BCUT2D eigenvalue weighted by molar-refractivity contribution is 0.0895. The summed E-state index contributed by atoms with van der Waals surface area (Å²) in [6.07, 6.45) is 7.60. The van der Waals surface area contributed by atoms with Gasteiger partial charge in [-0.3, -0.25) is 4.79 Å². The second-order valence-electron chi connectivity index (χ2n) is 6.92. The Hall–Kier alpha value is -2.17. The predicted molar refractivity (Wildman–Crippen MR) is 84.3 cm³/mol. The average molecular weight is 312 g/mol. The van der Waals surface area contributed by atoms with Crippen LogP contribution in [0.25, 0.3) is 0 Å². The topological polar surface area (TPSA) is 79.3 Å². The molecule has 0 saturated heterocycles. The lowest BCUT2D eigenvalue weighted by Crippen LogP contribution is -2.24. The SMILES string of the molecule is O=C(O)NCc1ccc(C2CC2)c(C(=O)C2CC3C=CC2C3)n1. The molecule has 4 rings (SSSR count). The minimum atomic E-state index is -1.08. The molecule has 5 nitrogen and oxygen atoms in total. The molecule has 2 bridgehead atoms. The van der Waals surface area contributed by atoms with E-state index in [1.807, 2.05) is 12.1 Å². The zero-order valence-corrected chi connectivity index (χ0v) is 12.9. The summed E-state index contributed by atoms with van der Waals surface area (Å²) in [5.74, 6) is 1.58. The van der Waals surface area contributed by atoms with Crippen molar-refractivity contribution in [2.45, 2.75) is 38.1 Å². The van der Waals surface area contributed by atoms with Gasteiger partial charge in [0.25, 0.3) is 0 Å². The van der Waals surface area contributed by atoms with E-state index in [0.29, 0.717) is 29.1 Å². The number of carbonyl (C=O) groups is 2. The summed E-state index contributed by atoms with van der Waals surface area (Å²) in [5, 5.41) is 11.1. The second-order valence-corrected chi connectivity index (χ2v) is 6.92. The minimum Gasteiger partial charge on any atom is -0.465 e. The maximum Gasteiger partial charge on any atom is 0.404 e. The van der Waals surface area contributed by atoms with Crippen LogP contribution < -0.4 is 5.32 Å². The molecule has 1 heterocycles. The fourth-order valence-electron chi connectivity index (χ4n) is 3.95. The van der Waals surface area contributed by atoms with Crippen molar-refractivity contribution in [3.05, 3.63) is 41.2 Å². The highest BCUT2D eigenvalue weighted by atomic mass is 16.4. The first-order chi connectivity index (χ1) is 11.1. The van der Waals surface area contributed by atoms with Gasteiger partial charge in [0.2, 0.25) is 0 Å². The van der Waals surface area contributed by atoms with Gasteiger partial charge in [0.15, 0.2) is 5.78 Å². The molecule has 120 valence electrons. The summed E-state index contributed by atoms with van der Waals surface area (Å²) in [4.78, 5) is 28.2. The summed E-state index contributed by atoms with van der Waals surface area (Å²) < 4.78 is 0. The van der Waals surface area contributed by atoms with Gasteiger partial charge in [-0.1, -0.05) is 18.2 Å². The van der Waals surface area contributed by atoms with Crippen LogP contribution in [0.3, 0.4) is 0 Å². The predicted octanol–water partition coefficient (Wildman–Crippen LogP) is 3.12. The van der Waals surface area contributed by atoms with E-state index in [1.165, 1.54) is 0 Å². The zero-order chi connectivity index (χ0) is 16.0. The van der Waals surface area contributed by atoms with E-state index in [9.17, 15) is 9.59 Å². The number of ketones is 1. The number of Topliss-reactive ketones (excluding diaryl/α,β-unsaturated/α-hetero) is 1. The molecule has 23 heavy (non-hydrogen) atoms. The van der Waals surface area contributed by atoms with Crippen LogP contribution in [0.15, 0.2) is 24.3 Å². The molecule has 0 aromatic carbocycles. The molecule has 1 aromatic rings. The van der Waals surface area contributed by atoms with Crippen LogP contribution in [0.1, 0.15) is 53.3 Å². The molecule has 2 saturated carbocycles. The molecule has 3 unspecified atom stereocenters. The number of amides is 1. The Morgan fingerprint density at radius 2 is 2.04 bits per heavy atom. The number of allylic oxidation sites excluding steroid dienone is 2. The second kappa shape index (κ2) is 5.48. The third kappa shape index (κ3) is 2.76. The van der Waals surface area contributed by atoms with Crippen LogP contribution in [0, 0.1) is 17.8 Å². The van der Waals surface area contributed by atoms with Crippen molar-refractivity contribution in [2.75, 3.05) is 0 Å². The lowest BCUT2D eigenvalue weighted by Gasteiger charge is -2.18. The van der Waals surface area contributed by atoms with Gasteiger partial charge in [-0.25, -0.2) is 9.78 Å². The molecule has 1 aromatic heterocycles. The molecule has 0 aliphatic heterocycles. The smallest absolute Gasteiger partial charge is 0.404 e. The van der Waals surface area contributed by atoms with Crippen LogP contribution in [0.4, 0.5) is 4.79 Å². The van der Waals surface area contributed by atoms with Gasteiger partial charge in [-0.05, 0) is 55.1 Å². The summed E-state index contributed by atoms with van der Waals surface area (Å²) in [5.41, 5.74) is 2.25. The largest absolute Gasteiger partial charge is 0.465 e. The Morgan fingerprint density at radius 3 is 2.65 bits per heavy atom. The molecule has 2 N–H and O–H groups in total. The number of carbonyl (C=O) groups excluding carboxylic acids is 1. The van der Waals surface area contributed by atoms with Crippen LogP contribution in [0.5, 0.6) is 0 Å². The number of hydrogen-bond donors (Lipinski definition) is 2. The first kappa shape index (κ1) is 14.4. The quantitative estimate of drug-likeness (QED) is 0.646. The van der Waals surface area contributed by atoms with E-state index in [-0.39, 0.29) is 18.2 Å². The Balaban J connectivity index is 1.61. The Labute approximate surface area is 134 Å². The van der Waals surface area contributed by atoms with Crippen molar-refractivity contribution in [1.29, 1.82) is 0 Å². The van der Waals surface area contributed by atoms with E-state index in [4.69, 9.17) is 5.11 Å². The number of nitrogens with zero attached hydrogens (tertiary/aromatic N) is 1. The van der Waals surface area contributed by atoms with Crippen molar-refractivity contribution in [2.24, 2.45) is 17.8 Å². The summed E-state index contributed by atoms with van der Waals surface area (Å²) >= 11 is 0. The number of hydrogen-bond acceptors (Lipinski definition) is 3. The first-order valence-corrected chi connectivity index (χ1v) is 8.31. The standard InChI is InChI=1S/C18H20N2O3/c21-17(15-8-10-1-2-12(15)7-10)16-14(11-3-4-11)6-5-13(20-16)9-19-18(22)23/h1-2,5-6,10-12,15,19H,3-4,7-9H2,(H,22,23). The van der Waals surface area contributed by atoms with Gasteiger partial charge in [-0.15, -0.1) is 0 Å². The summed E-state index contributed by atoms with van der Waals surface area (Å²) in [7, 11) is 0. The zero-order valence-electron chi connectivity index (χ0n) is 12.9. The van der Waals surface area contributed by atoms with Gasteiger partial charge >= 0.3 is 6.09 Å². The average Bonchev–Trinajstić information content (AvgIpc) is 3.18. The molecular formula is C18H20N2O3. The highest BCUT2D eigenvalue weighted by Gasteiger charge is 2.42. The number of pyridine rings is 1. The van der Waals surface area contributed by atoms with Crippen molar-refractivity contribution in [3.8, 4) is 0 Å². The van der Waals surface area contributed by atoms with Gasteiger partial charge < -0.3 is 10.4 Å². The fourth-order valence-corrected chi connectivity index (χ4v) is 3.95. The van der Waals surface area contributed by atoms with E-state index in [1.54, 1.807) is 0 Å². The van der Waals surface area contributed by atoms with Crippen LogP contribution >= 0.6 is 0 Å². The van der Waals surface area contributed by atoms with Crippen LogP contribution in [-0.2, 0) is 6.54 Å². The molecule has 0 radical (unpaired) electrons. The van der Waals surface area contributed by atoms with Gasteiger partial charge in [0, 0.05) is 5.92 Å². The molecule has 0 spiro atoms. The maximum absolute atomic E-state index is 13.0. The van der Waals surface area contributed by atoms with E-state index in [2.05, 4.69) is 22.5 Å². The Morgan fingerprint density at radius 1 is 1.22 bits per heavy atom. The molecule has 1 amide bonds. The normalized spacial score (nSPS) is 28.1. The maximum atomic E-state index is 13.0. The third-order valence-corrected chi connectivity index (χ3v) is 5.27. The molecule has 3 aliphatic rings. The lowest BCUT2D eigenvalue weighted by atomic mass is 9.86. The number of rotatable bonds is 5. The molecule has 5 heteroatoms.